The van der Waals surface area contributed by atoms with E-state index in [4.69, 9.17) is 11.0 Å². The Labute approximate surface area is 107 Å². The van der Waals surface area contributed by atoms with Crippen LogP contribution in [0.1, 0.15) is 24.8 Å². The highest BCUT2D eigenvalue weighted by Gasteiger charge is 1.94. The van der Waals surface area contributed by atoms with Gasteiger partial charge in [0.05, 0.1) is 6.07 Å². The first-order valence-corrected chi connectivity index (χ1v) is 5.91. The third-order valence-corrected chi connectivity index (χ3v) is 2.38. The zero-order chi connectivity index (χ0) is 13.2. The molecule has 1 rings (SSSR count). The molecular formula is C14H17N3O. The zero-order valence-corrected chi connectivity index (χ0v) is 10.2. The van der Waals surface area contributed by atoms with Crippen molar-refractivity contribution in [3.63, 3.8) is 0 Å². The molecule has 0 atom stereocenters. The van der Waals surface area contributed by atoms with Crippen molar-refractivity contribution in [1.82, 2.24) is 5.32 Å². The van der Waals surface area contributed by atoms with Crippen molar-refractivity contribution in [3.8, 4) is 6.07 Å². The van der Waals surface area contributed by atoms with Crippen molar-refractivity contribution in [2.24, 2.45) is 0 Å². The lowest BCUT2D eigenvalue weighted by atomic mass is 10.2. The normalized spacial score (nSPS) is 10.2. The van der Waals surface area contributed by atoms with Gasteiger partial charge in [0.15, 0.2) is 0 Å². The van der Waals surface area contributed by atoms with Crippen LogP contribution in [0.4, 0.5) is 5.69 Å². The molecule has 1 aromatic rings. The molecule has 0 fully saturated rings. The molecule has 1 amide bonds. The predicted molar refractivity (Wildman–Crippen MR) is 72.4 cm³/mol. The van der Waals surface area contributed by atoms with E-state index >= 15 is 0 Å². The average molecular weight is 243 g/mol. The molecule has 0 heterocycles. The van der Waals surface area contributed by atoms with Gasteiger partial charge in [-0.15, -0.1) is 0 Å². The van der Waals surface area contributed by atoms with Gasteiger partial charge in [-0.3, -0.25) is 4.79 Å². The summed E-state index contributed by atoms with van der Waals surface area (Å²) >= 11 is 0. The number of nitrogen functional groups attached to an aromatic ring is 1. The molecule has 0 aliphatic rings. The third kappa shape index (κ3) is 5.71. The van der Waals surface area contributed by atoms with Crippen molar-refractivity contribution in [2.45, 2.75) is 19.3 Å². The van der Waals surface area contributed by atoms with Crippen molar-refractivity contribution in [1.29, 1.82) is 5.26 Å². The van der Waals surface area contributed by atoms with Crippen molar-refractivity contribution in [2.75, 3.05) is 12.3 Å². The van der Waals surface area contributed by atoms with Crippen LogP contribution >= 0.6 is 0 Å². The lowest BCUT2D eigenvalue weighted by Gasteiger charge is -2.00. The molecular weight excluding hydrogens is 226 g/mol. The van der Waals surface area contributed by atoms with Crippen LogP contribution in [0, 0.1) is 11.3 Å². The minimum Gasteiger partial charge on any atom is -0.399 e. The number of anilines is 1. The van der Waals surface area contributed by atoms with E-state index in [2.05, 4.69) is 11.4 Å². The fourth-order valence-electron chi connectivity index (χ4n) is 1.38. The van der Waals surface area contributed by atoms with Crippen LogP contribution in [0.15, 0.2) is 30.3 Å². The van der Waals surface area contributed by atoms with Crippen LogP contribution in [-0.2, 0) is 4.79 Å². The Balaban J connectivity index is 2.27. The van der Waals surface area contributed by atoms with Gasteiger partial charge in [0.25, 0.3) is 0 Å². The quantitative estimate of drug-likeness (QED) is 0.456. The molecule has 0 saturated carbocycles. The van der Waals surface area contributed by atoms with Gasteiger partial charge >= 0.3 is 0 Å². The summed E-state index contributed by atoms with van der Waals surface area (Å²) in [6.45, 7) is 0.604. The van der Waals surface area contributed by atoms with Gasteiger partial charge in [0.2, 0.25) is 5.91 Å². The number of carbonyl (C=O) groups is 1. The fourth-order valence-corrected chi connectivity index (χ4v) is 1.38. The van der Waals surface area contributed by atoms with Gasteiger partial charge < -0.3 is 11.1 Å². The third-order valence-electron chi connectivity index (χ3n) is 2.38. The standard InChI is InChI=1S/C14H17N3O/c15-10-2-1-3-11-17-14(18)9-6-12-4-7-13(16)8-5-12/h4-9H,1-3,11,16H2,(H,17,18)/b9-6+. The van der Waals surface area contributed by atoms with Gasteiger partial charge in [-0.25, -0.2) is 0 Å². The van der Waals surface area contributed by atoms with E-state index in [-0.39, 0.29) is 5.91 Å². The fraction of sp³-hybridized carbons (Fsp3) is 0.286. The first-order valence-electron chi connectivity index (χ1n) is 5.91. The molecule has 0 radical (unpaired) electrons. The van der Waals surface area contributed by atoms with Gasteiger partial charge in [0.1, 0.15) is 0 Å². The van der Waals surface area contributed by atoms with Gasteiger partial charge in [0, 0.05) is 24.7 Å². The molecule has 0 aliphatic heterocycles. The second-order valence-electron chi connectivity index (χ2n) is 3.91. The highest BCUT2D eigenvalue weighted by molar-refractivity contribution is 5.91. The first kappa shape index (κ1) is 13.8. The molecule has 0 aromatic heterocycles. The Morgan fingerprint density at radius 2 is 2.06 bits per heavy atom. The van der Waals surface area contributed by atoms with Crippen LogP contribution in [0.5, 0.6) is 0 Å². The monoisotopic (exact) mass is 243 g/mol. The number of nitriles is 1. The Kier molecular flexibility index (Phi) is 6.05. The summed E-state index contributed by atoms with van der Waals surface area (Å²) in [4.78, 5) is 11.4. The van der Waals surface area contributed by atoms with Crippen molar-refractivity contribution >= 4 is 17.7 Å². The SMILES string of the molecule is N#CCCCCNC(=O)/C=C/c1ccc(N)cc1. The number of nitrogens with two attached hydrogens (primary N) is 1. The second-order valence-corrected chi connectivity index (χ2v) is 3.91. The molecule has 4 heteroatoms. The number of rotatable bonds is 6. The maximum atomic E-state index is 11.4. The molecule has 94 valence electrons. The first-order chi connectivity index (χ1) is 8.72. The Morgan fingerprint density at radius 3 is 2.72 bits per heavy atom. The lowest BCUT2D eigenvalue weighted by Crippen LogP contribution is -2.21. The second kappa shape index (κ2) is 7.91. The molecule has 0 spiro atoms. The van der Waals surface area contributed by atoms with Crippen molar-refractivity contribution < 1.29 is 4.79 Å². The number of amides is 1. The topological polar surface area (TPSA) is 78.9 Å². The molecule has 4 nitrogen and oxygen atoms in total. The highest BCUT2D eigenvalue weighted by atomic mass is 16.1. The van der Waals surface area contributed by atoms with E-state index in [1.54, 1.807) is 18.2 Å². The number of benzene rings is 1. The molecule has 3 N–H and O–H groups in total. The van der Waals surface area contributed by atoms with E-state index < -0.39 is 0 Å². The summed E-state index contributed by atoms with van der Waals surface area (Å²) in [5, 5.41) is 11.1. The number of unbranched alkanes of at least 4 members (excludes halogenated alkanes) is 2. The largest absolute Gasteiger partial charge is 0.399 e. The Morgan fingerprint density at radius 1 is 1.33 bits per heavy atom. The number of carbonyl (C=O) groups excluding carboxylic acids is 1. The molecule has 1 aromatic carbocycles. The average Bonchev–Trinajstić information content (AvgIpc) is 2.38. The maximum Gasteiger partial charge on any atom is 0.243 e. The van der Waals surface area contributed by atoms with Crippen LogP contribution < -0.4 is 11.1 Å². The minimum absolute atomic E-state index is 0.121. The highest BCUT2D eigenvalue weighted by Crippen LogP contribution is 2.06. The molecule has 0 unspecified atom stereocenters. The molecule has 18 heavy (non-hydrogen) atoms. The van der Waals surface area contributed by atoms with E-state index in [1.807, 2.05) is 12.1 Å². The number of hydrogen-bond donors (Lipinski definition) is 2. The van der Waals surface area contributed by atoms with E-state index in [9.17, 15) is 4.79 Å². The Hall–Kier alpha value is -2.28. The van der Waals surface area contributed by atoms with Crippen molar-refractivity contribution in [3.05, 3.63) is 35.9 Å². The van der Waals surface area contributed by atoms with E-state index in [0.29, 0.717) is 18.7 Å². The molecule has 0 bridgehead atoms. The number of hydrogen-bond acceptors (Lipinski definition) is 3. The summed E-state index contributed by atoms with van der Waals surface area (Å²) in [7, 11) is 0. The molecule has 0 aliphatic carbocycles. The summed E-state index contributed by atoms with van der Waals surface area (Å²) in [6, 6.07) is 9.36. The lowest BCUT2D eigenvalue weighted by molar-refractivity contribution is -0.116. The summed E-state index contributed by atoms with van der Waals surface area (Å²) in [5.41, 5.74) is 7.20. The van der Waals surface area contributed by atoms with Crippen LogP contribution in [0.2, 0.25) is 0 Å². The van der Waals surface area contributed by atoms with Gasteiger partial charge in [-0.05, 0) is 36.6 Å². The summed E-state index contributed by atoms with van der Waals surface area (Å²) in [5.74, 6) is -0.121. The summed E-state index contributed by atoms with van der Waals surface area (Å²) in [6.07, 6.45) is 5.42. The van der Waals surface area contributed by atoms with Crippen LogP contribution in [0.25, 0.3) is 6.08 Å². The smallest absolute Gasteiger partial charge is 0.243 e. The Bertz CT molecular complexity index is 443. The van der Waals surface area contributed by atoms with Gasteiger partial charge in [-0.2, -0.15) is 5.26 Å². The number of nitrogens with one attached hydrogen (secondary N) is 1. The summed E-state index contributed by atoms with van der Waals surface area (Å²) < 4.78 is 0. The zero-order valence-electron chi connectivity index (χ0n) is 10.2. The molecule has 0 saturated heterocycles. The number of nitrogens with zero attached hydrogens (tertiary/aromatic N) is 1. The van der Waals surface area contributed by atoms with E-state index in [0.717, 1.165) is 18.4 Å². The predicted octanol–water partition coefficient (Wildman–Crippen LogP) is 2.09. The van der Waals surface area contributed by atoms with Crippen LogP contribution in [-0.4, -0.2) is 12.5 Å². The minimum atomic E-state index is -0.121. The maximum absolute atomic E-state index is 11.4. The van der Waals surface area contributed by atoms with E-state index in [1.165, 1.54) is 6.08 Å². The van der Waals surface area contributed by atoms with Gasteiger partial charge in [-0.1, -0.05) is 12.1 Å². The van der Waals surface area contributed by atoms with Crippen LogP contribution in [0.3, 0.4) is 0 Å².